The standard InChI is InChI=1S/C17H16F2O/c1-11-5-6-12-7-8-17(20,14(12)9-11)10-13-15(18)3-2-4-16(13)19/h2-6,9,20H,7-8,10H2,1H3. The maximum atomic E-state index is 13.8. The lowest BCUT2D eigenvalue weighted by Crippen LogP contribution is -2.26. The van der Waals surface area contributed by atoms with Crippen LogP contribution in [-0.2, 0) is 18.4 Å². The zero-order valence-electron chi connectivity index (χ0n) is 11.3. The number of fused-ring (bicyclic) bond motifs is 1. The van der Waals surface area contributed by atoms with Gasteiger partial charge >= 0.3 is 0 Å². The highest BCUT2D eigenvalue weighted by Gasteiger charge is 2.38. The summed E-state index contributed by atoms with van der Waals surface area (Å²) in [7, 11) is 0. The molecule has 0 saturated heterocycles. The van der Waals surface area contributed by atoms with Crippen LogP contribution in [0.4, 0.5) is 8.78 Å². The normalized spacial score (nSPS) is 21.0. The lowest BCUT2D eigenvalue weighted by Gasteiger charge is -2.25. The van der Waals surface area contributed by atoms with Crippen molar-refractivity contribution < 1.29 is 13.9 Å². The first-order chi connectivity index (χ1) is 9.49. The molecule has 3 heteroatoms. The van der Waals surface area contributed by atoms with Crippen molar-refractivity contribution >= 4 is 0 Å². The lowest BCUT2D eigenvalue weighted by molar-refractivity contribution is 0.0371. The molecule has 0 bridgehead atoms. The monoisotopic (exact) mass is 274 g/mol. The van der Waals surface area contributed by atoms with Gasteiger partial charge in [0, 0.05) is 12.0 Å². The molecule has 1 N–H and O–H groups in total. The fourth-order valence-corrected chi connectivity index (χ4v) is 2.99. The zero-order chi connectivity index (χ0) is 14.3. The van der Waals surface area contributed by atoms with Crippen molar-refractivity contribution in [3.05, 3.63) is 70.3 Å². The summed E-state index contributed by atoms with van der Waals surface area (Å²) in [6.45, 7) is 1.95. The average molecular weight is 274 g/mol. The van der Waals surface area contributed by atoms with Crippen molar-refractivity contribution in [2.24, 2.45) is 0 Å². The minimum absolute atomic E-state index is 0.0258. The molecule has 1 unspecified atom stereocenters. The lowest BCUT2D eigenvalue weighted by atomic mass is 9.87. The molecule has 0 heterocycles. The molecule has 3 rings (SSSR count). The molecular weight excluding hydrogens is 258 g/mol. The molecule has 0 amide bonds. The maximum Gasteiger partial charge on any atom is 0.129 e. The van der Waals surface area contributed by atoms with Gasteiger partial charge in [-0.15, -0.1) is 0 Å². The topological polar surface area (TPSA) is 20.2 Å². The van der Waals surface area contributed by atoms with Crippen molar-refractivity contribution in [2.45, 2.75) is 31.8 Å². The number of hydrogen-bond donors (Lipinski definition) is 1. The van der Waals surface area contributed by atoms with E-state index in [1.54, 1.807) is 0 Å². The molecule has 104 valence electrons. The van der Waals surface area contributed by atoms with E-state index in [9.17, 15) is 13.9 Å². The molecule has 1 aliphatic carbocycles. The Bertz CT molecular complexity index is 646. The zero-order valence-corrected chi connectivity index (χ0v) is 11.3. The second-order valence-electron chi connectivity index (χ2n) is 5.57. The number of hydrogen-bond acceptors (Lipinski definition) is 1. The molecule has 1 aliphatic rings. The summed E-state index contributed by atoms with van der Waals surface area (Å²) in [4.78, 5) is 0. The molecule has 0 aliphatic heterocycles. The van der Waals surface area contributed by atoms with E-state index in [0.717, 1.165) is 23.1 Å². The Balaban J connectivity index is 2.02. The van der Waals surface area contributed by atoms with Crippen LogP contribution in [0.2, 0.25) is 0 Å². The van der Waals surface area contributed by atoms with Crippen LogP contribution in [0.1, 0.15) is 28.7 Å². The molecule has 0 spiro atoms. The SMILES string of the molecule is Cc1ccc2c(c1)C(O)(Cc1c(F)cccc1F)CC2. The molecular formula is C17H16F2O. The third kappa shape index (κ3) is 2.12. The molecule has 1 nitrogen and oxygen atoms in total. The number of aliphatic hydroxyl groups is 1. The van der Waals surface area contributed by atoms with E-state index in [1.165, 1.54) is 18.2 Å². The van der Waals surface area contributed by atoms with E-state index in [2.05, 4.69) is 0 Å². The second-order valence-corrected chi connectivity index (χ2v) is 5.57. The van der Waals surface area contributed by atoms with Crippen LogP contribution in [0.15, 0.2) is 36.4 Å². The number of aryl methyl sites for hydroxylation is 2. The molecule has 20 heavy (non-hydrogen) atoms. The highest BCUT2D eigenvalue weighted by molar-refractivity contribution is 5.41. The number of rotatable bonds is 2. The molecule has 0 radical (unpaired) electrons. The van der Waals surface area contributed by atoms with Gasteiger partial charge in [-0.3, -0.25) is 0 Å². The van der Waals surface area contributed by atoms with E-state index < -0.39 is 17.2 Å². The summed E-state index contributed by atoms with van der Waals surface area (Å²) in [6.07, 6.45) is 1.21. The predicted molar refractivity (Wildman–Crippen MR) is 73.5 cm³/mol. The predicted octanol–water partition coefficient (Wildman–Crippen LogP) is 3.65. The number of benzene rings is 2. The third-order valence-corrected chi connectivity index (χ3v) is 4.11. The summed E-state index contributed by atoms with van der Waals surface area (Å²) >= 11 is 0. The molecule has 2 aromatic carbocycles. The van der Waals surface area contributed by atoms with Crippen LogP contribution in [0.25, 0.3) is 0 Å². The van der Waals surface area contributed by atoms with Crippen LogP contribution in [0, 0.1) is 18.6 Å². The van der Waals surface area contributed by atoms with Gasteiger partial charge in [0.15, 0.2) is 0 Å². The van der Waals surface area contributed by atoms with Crippen molar-refractivity contribution in [3.63, 3.8) is 0 Å². The Hall–Kier alpha value is -1.74. The van der Waals surface area contributed by atoms with E-state index in [1.807, 2.05) is 25.1 Å². The minimum Gasteiger partial charge on any atom is -0.385 e. The first-order valence-corrected chi connectivity index (χ1v) is 6.75. The summed E-state index contributed by atoms with van der Waals surface area (Å²) < 4.78 is 27.6. The Morgan fingerprint density at radius 3 is 2.55 bits per heavy atom. The quantitative estimate of drug-likeness (QED) is 0.886. The number of halogens is 2. The Labute approximate surface area is 116 Å². The summed E-state index contributed by atoms with van der Waals surface area (Å²) in [5.41, 5.74) is 1.70. The second kappa shape index (κ2) is 4.67. The summed E-state index contributed by atoms with van der Waals surface area (Å²) in [5.74, 6) is -1.20. The highest BCUT2D eigenvalue weighted by Crippen LogP contribution is 2.40. The van der Waals surface area contributed by atoms with Gasteiger partial charge in [0.2, 0.25) is 0 Å². The van der Waals surface area contributed by atoms with E-state index in [-0.39, 0.29) is 12.0 Å². The first-order valence-electron chi connectivity index (χ1n) is 6.75. The van der Waals surface area contributed by atoms with Crippen LogP contribution in [0.3, 0.4) is 0 Å². The fourth-order valence-electron chi connectivity index (χ4n) is 2.99. The van der Waals surface area contributed by atoms with Gasteiger partial charge < -0.3 is 5.11 Å². The van der Waals surface area contributed by atoms with Crippen molar-refractivity contribution in [1.82, 2.24) is 0 Å². The first kappa shape index (κ1) is 13.3. The Kier molecular flexibility index (Phi) is 3.09. The van der Waals surface area contributed by atoms with Gasteiger partial charge in [-0.1, -0.05) is 29.8 Å². The minimum atomic E-state index is -1.18. The van der Waals surface area contributed by atoms with Gasteiger partial charge in [0.05, 0.1) is 5.60 Å². The molecule has 0 aromatic heterocycles. The Morgan fingerprint density at radius 1 is 1.15 bits per heavy atom. The van der Waals surface area contributed by atoms with Crippen molar-refractivity contribution in [2.75, 3.05) is 0 Å². The van der Waals surface area contributed by atoms with Gasteiger partial charge in [-0.25, -0.2) is 8.78 Å². The summed E-state index contributed by atoms with van der Waals surface area (Å²) in [5, 5.41) is 10.8. The van der Waals surface area contributed by atoms with Crippen molar-refractivity contribution in [1.29, 1.82) is 0 Å². The van der Waals surface area contributed by atoms with Crippen LogP contribution >= 0.6 is 0 Å². The molecule has 0 fully saturated rings. The largest absolute Gasteiger partial charge is 0.385 e. The fraction of sp³-hybridized carbons (Fsp3) is 0.294. The van der Waals surface area contributed by atoms with Gasteiger partial charge in [0.1, 0.15) is 11.6 Å². The molecule has 2 aromatic rings. The van der Waals surface area contributed by atoms with Gasteiger partial charge in [0.25, 0.3) is 0 Å². The molecule has 0 saturated carbocycles. The maximum absolute atomic E-state index is 13.8. The van der Waals surface area contributed by atoms with Crippen molar-refractivity contribution in [3.8, 4) is 0 Å². The van der Waals surface area contributed by atoms with E-state index in [4.69, 9.17) is 0 Å². The Morgan fingerprint density at radius 2 is 1.85 bits per heavy atom. The average Bonchev–Trinajstić information content (AvgIpc) is 2.72. The molecule has 1 atom stereocenters. The van der Waals surface area contributed by atoms with E-state index in [0.29, 0.717) is 6.42 Å². The van der Waals surface area contributed by atoms with Crippen LogP contribution < -0.4 is 0 Å². The van der Waals surface area contributed by atoms with Gasteiger partial charge in [-0.2, -0.15) is 0 Å². The van der Waals surface area contributed by atoms with Crippen LogP contribution in [0.5, 0.6) is 0 Å². The van der Waals surface area contributed by atoms with Crippen LogP contribution in [-0.4, -0.2) is 5.11 Å². The smallest absolute Gasteiger partial charge is 0.129 e. The highest BCUT2D eigenvalue weighted by atomic mass is 19.1. The summed E-state index contributed by atoms with van der Waals surface area (Å²) in [6, 6.07) is 9.70. The third-order valence-electron chi connectivity index (χ3n) is 4.11. The van der Waals surface area contributed by atoms with Gasteiger partial charge in [-0.05, 0) is 43.0 Å². The van der Waals surface area contributed by atoms with E-state index >= 15 is 0 Å².